The number of rotatable bonds is 9. The minimum Gasteiger partial charge on any atom is -0.353 e. The number of aromatic nitrogens is 3. The molecule has 0 fully saturated rings. The molecule has 0 aromatic carbocycles. The summed E-state index contributed by atoms with van der Waals surface area (Å²) in [5, 5.41) is 14.3. The Balaban J connectivity index is 1.78. The molecule has 24 heavy (non-hydrogen) atoms. The third kappa shape index (κ3) is 5.63. The third-order valence-electron chi connectivity index (χ3n) is 3.73. The maximum atomic E-state index is 12.1. The summed E-state index contributed by atoms with van der Waals surface area (Å²) in [5.74, 6) is 1.98. The molecule has 7 heteroatoms. The zero-order valence-electron chi connectivity index (χ0n) is 14.8. The minimum absolute atomic E-state index is 0.0534. The van der Waals surface area contributed by atoms with Crippen molar-refractivity contribution >= 4 is 29.0 Å². The summed E-state index contributed by atoms with van der Waals surface area (Å²) >= 11 is 3.06. The first-order chi connectivity index (χ1) is 11.5. The summed E-state index contributed by atoms with van der Waals surface area (Å²) in [7, 11) is 1.93. The van der Waals surface area contributed by atoms with Crippen molar-refractivity contribution in [2.75, 3.05) is 5.75 Å². The molecule has 0 saturated carbocycles. The fourth-order valence-corrected chi connectivity index (χ4v) is 3.88. The Morgan fingerprint density at radius 2 is 2.12 bits per heavy atom. The van der Waals surface area contributed by atoms with Crippen LogP contribution < -0.4 is 5.32 Å². The molecule has 0 aliphatic heterocycles. The van der Waals surface area contributed by atoms with Crippen molar-refractivity contribution in [1.29, 1.82) is 0 Å². The Morgan fingerprint density at radius 3 is 2.79 bits per heavy atom. The molecule has 0 radical (unpaired) electrons. The predicted octanol–water partition coefficient (Wildman–Crippen LogP) is 3.97. The van der Waals surface area contributed by atoms with E-state index in [1.54, 1.807) is 11.3 Å². The summed E-state index contributed by atoms with van der Waals surface area (Å²) in [4.78, 5) is 13.2. The third-order valence-corrected chi connectivity index (χ3v) is 5.62. The van der Waals surface area contributed by atoms with E-state index in [1.165, 1.54) is 18.2 Å². The number of thioether (sulfide) groups is 1. The van der Waals surface area contributed by atoms with Gasteiger partial charge in [0.25, 0.3) is 0 Å². The average Bonchev–Trinajstić information content (AvgIpc) is 3.14. The molecule has 5 nitrogen and oxygen atoms in total. The van der Waals surface area contributed by atoms with Crippen molar-refractivity contribution < 1.29 is 4.79 Å². The van der Waals surface area contributed by atoms with E-state index >= 15 is 0 Å². The van der Waals surface area contributed by atoms with E-state index in [9.17, 15) is 4.79 Å². The zero-order chi connectivity index (χ0) is 17.5. The monoisotopic (exact) mass is 366 g/mol. The molecule has 0 bridgehead atoms. The minimum atomic E-state index is 0.0534. The summed E-state index contributed by atoms with van der Waals surface area (Å²) in [6.45, 7) is 6.52. The molecule has 1 amide bonds. The molecule has 2 rings (SSSR count). The van der Waals surface area contributed by atoms with Gasteiger partial charge in [0.2, 0.25) is 5.91 Å². The Kier molecular flexibility index (Phi) is 7.30. The number of carbonyl (C=O) groups excluding carboxylic acids is 1. The second-order valence-corrected chi connectivity index (χ2v) is 8.31. The highest BCUT2D eigenvalue weighted by Gasteiger charge is 2.14. The largest absolute Gasteiger partial charge is 0.353 e. The molecule has 0 aliphatic carbocycles. The second kappa shape index (κ2) is 9.22. The van der Waals surface area contributed by atoms with E-state index in [0.717, 1.165) is 34.6 Å². The van der Waals surface area contributed by atoms with Gasteiger partial charge in [-0.2, -0.15) is 0 Å². The van der Waals surface area contributed by atoms with Crippen molar-refractivity contribution in [2.45, 2.75) is 51.2 Å². The average molecular weight is 367 g/mol. The number of hydrogen-bond donors (Lipinski definition) is 1. The van der Waals surface area contributed by atoms with Gasteiger partial charge in [-0.25, -0.2) is 0 Å². The quantitative estimate of drug-likeness (QED) is 0.682. The molecule has 0 spiro atoms. The van der Waals surface area contributed by atoms with Gasteiger partial charge in [0, 0.05) is 13.1 Å². The second-order valence-electron chi connectivity index (χ2n) is 6.42. The standard InChI is InChI=1S/C17H26N4OS2/c1-12(2)7-5-8-13(3)18-15(22)11-24-17-20-19-16(21(17)4)14-9-6-10-23-14/h6,9-10,12-13H,5,7-8,11H2,1-4H3,(H,18,22). The highest BCUT2D eigenvalue weighted by atomic mass is 32.2. The van der Waals surface area contributed by atoms with Gasteiger partial charge in [-0.3, -0.25) is 4.79 Å². The van der Waals surface area contributed by atoms with Gasteiger partial charge in [-0.1, -0.05) is 44.5 Å². The number of nitrogens with zero attached hydrogens (tertiary/aromatic N) is 3. The molecule has 0 saturated heterocycles. The molecule has 1 atom stereocenters. The zero-order valence-corrected chi connectivity index (χ0v) is 16.4. The Labute approximate surface area is 152 Å². The molecule has 1 unspecified atom stereocenters. The van der Waals surface area contributed by atoms with Crippen LogP contribution in [0.4, 0.5) is 0 Å². The molecule has 0 aliphatic rings. The van der Waals surface area contributed by atoms with Gasteiger partial charge in [-0.05, 0) is 30.7 Å². The first-order valence-corrected chi connectivity index (χ1v) is 10.2. The lowest BCUT2D eigenvalue weighted by Gasteiger charge is -2.14. The fraction of sp³-hybridized carbons (Fsp3) is 0.588. The summed E-state index contributed by atoms with van der Waals surface area (Å²) in [5.41, 5.74) is 0. The van der Waals surface area contributed by atoms with Crippen LogP contribution in [0.25, 0.3) is 10.7 Å². The number of nitrogens with one attached hydrogen (secondary N) is 1. The van der Waals surface area contributed by atoms with Gasteiger partial charge in [0.15, 0.2) is 11.0 Å². The van der Waals surface area contributed by atoms with Crippen LogP contribution in [-0.4, -0.2) is 32.5 Å². The highest BCUT2D eigenvalue weighted by molar-refractivity contribution is 7.99. The van der Waals surface area contributed by atoms with E-state index in [4.69, 9.17) is 0 Å². The first kappa shape index (κ1) is 19.0. The van der Waals surface area contributed by atoms with Crippen LogP contribution in [0.1, 0.15) is 40.0 Å². The molecule has 132 valence electrons. The van der Waals surface area contributed by atoms with Crippen LogP contribution in [0.15, 0.2) is 22.7 Å². The molecular weight excluding hydrogens is 340 g/mol. The lowest BCUT2D eigenvalue weighted by molar-refractivity contribution is -0.119. The summed E-state index contributed by atoms with van der Waals surface area (Å²) in [6.07, 6.45) is 3.39. The predicted molar refractivity (Wildman–Crippen MR) is 101 cm³/mol. The van der Waals surface area contributed by atoms with Gasteiger partial charge >= 0.3 is 0 Å². The van der Waals surface area contributed by atoms with Gasteiger partial charge in [-0.15, -0.1) is 21.5 Å². The van der Waals surface area contributed by atoms with Crippen LogP contribution in [-0.2, 0) is 11.8 Å². The topological polar surface area (TPSA) is 59.8 Å². The number of thiophene rings is 1. The Morgan fingerprint density at radius 1 is 1.33 bits per heavy atom. The number of carbonyl (C=O) groups is 1. The van der Waals surface area contributed by atoms with Crippen molar-refractivity contribution in [3.8, 4) is 10.7 Å². The Hall–Kier alpha value is -1.34. The van der Waals surface area contributed by atoms with Crippen molar-refractivity contribution in [2.24, 2.45) is 13.0 Å². The van der Waals surface area contributed by atoms with Crippen LogP contribution in [0, 0.1) is 5.92 Å². The smallest absolute Gasteiger partial charge is 0.230 e. The van der Waals surface area contributed by atoms with E-state index in [2.05, 4.69) is 36.3 Å². The fourth-order valence-electron chi connectivity index (χ4n) is 2.41. The van der Waals surface area contributed by atoms with Crippen molar-refractivity contribution in [1.82, 2.24) is 20.1 Å². The highest BCUT2D eigenvalue weighted by Crippen LogP contribution is 2.25. The van der Waals surface area contributed by atoms with Gasteiger partial charge in [0.1, 0.15) is 0 Å². The van der Waals surface area contributed by atoms with Crippen LogP contribution in [0.3, 0.4) is 0 Å². The normalized spacial score (nSPS) is 12.5. The van der Waals surface area contributed by atoms with Crippen molar-refractivity contribution in [3.05, 3.63) is 17.5 Å². The SMILES string of the molecule is CC(C)CCCC(C)NC(=O)CSc1nnc(-c2cccs2)n1C. The van der Waals surface area contributed by atoms with E-state index in [-0.39, 0.29) is 11.9 Å². The van der Waals surface area contributed by atoms with Gasteiger partial charge in [0.05, 0.1) is 10.6 Å². The van der Waals surface area contributed by atoms with Crippen molar-refractivity contribution in [3.63, 3.8) is 0 Å². The van der Waals surface area contributed by atoms with Crippen LogP contribution >= 0.6 is 23.1 Å². The maximum absolute atomic E-state index is 12.1. The van der Waals surface area contributed by atoms with Crippen LogP contribution in [0.2, 0.25) is 0 Å². The molecular formula is C17H26N4OS2. The molecule has 2 aromatic rings. The molecule has 2 heterocycles. The summed E-state index contributed by atoms with van der Waals surface area (Å²) < 4.78 is 1.94. The number of hydrogen-bond acceptors (Lipinski definition) is 5. The Bertz CT molecular complexity index is 637. The first-order valence-electron chi connectivity index (χ1n) is 8.32. The van der Waals surface area contributed by atoms with Crippen LogP contribution in [0.5, 0.6) is 0 Å². The lowest BCUT2D eigenvalue weighted by Crippen LogP contribution is -2.33. The van der Waals surface area contributed by atoms with E-state index in [0.29, 0.717) is 5.75 Å². The van der Waals surface area contributed by atoms with Gasteiger partial charge < -0.3 is 9.88 Å². The van der Waals surface area contributed by atoms with E-state index in [1.807, 2.05) is 29.1 Å². The maximum Gasteiger partial charge on any atom is 0.230 e. The van der Waals surface area contributed by atoms with E-state index < -0.39 is 0 Å². The molecule has 2 aromatic heterocycles. The number of amides is 1. The molecule has 1 N–H and O–H groups in total. The lowest BCUT2D eigenvalue weighted by atomic mass is 10.0. The summed E-state index contributed by atoms with van der Waals surface area (Å²) in [6, 6.07) is 4.24.